The molecule has 0 atom stereocenters. The van der Waals surface area contributed by atoms with Crippen LogP contribution in [0.25, 0.3) is 0 Å². The van der Waals surface area contributed by atoms with Crippen LogP contribution >= 0.6 is 0 Å². The van der Waals surface area contributed by atoms with E-state index in [1.54, 1.807) is 13.3 Å². The molecule has 0 unspecified atom stereocenters. The molecule has 1 aromatic heterocycles. The summed E-state index contributed by atoms with van der Waals surface area (Å²) in [6, 6.07) is 0.345. The maximum absolute atomic E-state index is 11.3. The number of nitrogens with zero attached hydrogens (tertiary/aromatic N) is 4. The number of ketones is 1. The standard InChI is InChI=1S/C13H22N4O/c1-10(2)17-13(14-9-15-17)8-16-6-4-12(5-7-16)11(3)18/h9-10,12H,4-8H2,1-3H3. The maximum Gasteiger partial charge on any atom is 0.141 e. The zero-order valence-electron chi connectivity index (χ0n) is 11.5. The number of piperidine rings is 1. The molecule has 5 nitrogen and oxygen atoms in total. The molecule has 0 aromatic carbocycles. The summed E-state index contributed by atoms with van der Waals surface area (Å²) in [4.78, 5) is 18.0. The van der Waals surface area contributed by atoms with Crippen LogP contribution in [-0.4, -0.2) is 38.5 Å². The van der Waals surface area contributed by atoms with Gasteiger partial charge in [0.2, 0.25) is 0 Å². The highest BCUT2D eigenvalue weighted by molar-refractivity contribution is 5.78. The second-order valence-electron chi connectivity index (χ2n) is 5.38. The van der Waals surface area contributed by atoms with E-state index in [4.69, 9.17) is 0 Å². The Morgan fingerprint density at radius 2 is 2.11 bits per heavy atom. The number of hydrogen-bond acceptors (Lipinski definition) is 4. The van der Waals surface area contributed by atoms with Crippen molar-refractivity contribution in [3.63, 3.8) is 0 Å². The summed E-state index contributed by atoms with van der Waals surface area (Å²) < 4.78 is 1.97. The van der Waals surface area contributed by atoms with Gasteiger partial charge in [-0.2, -0.15) is 5.10 Å². The number of rotatable bonds is 4. The summed E-state index contributed by atoms with van der Waals surface area (Å²) in [7, 11) is 0. The predicted molar refractivity (Wildman–Crippen MR) is 69.1 cm³/mol. The minimum Gasteiger partial charge on any atom is -0.300 e. The summed E-state index contributed by atoms with van der Waals surface area (Å²) >= 11 is 0. The Hall–Kier alpha value is -1.23. The number of carbonyl (C=O) groups excluding carboxylic acids is 1. The molecule has 0 radical (unpaired) electrons. The van der Waals surface area contributed by atoms with Crippen molar-refractivity contribution in [3.05, 3.63) is 12.2 Å². The van der Waals surface area contributed by atoms with Crippen molar-refractivity contribution in [1.29, 1.82) is 0 Å². The van der Waals surface area contributed by atoms with Gasteiger partial charge in [-0.1, -0.05) is 0 Å². The van der Waals surface area contributed by atoms with Crippen LogP contribution in [0.3, 0.4) is 0 Å². The third-order valence-corrected chi connectivity index (χ3v) is 3.66. The molecular formula is C13H22N4O. The molecule has 1 aliphatic rings. The summed E-state index contributed by atoms with van der Waals surface area (Å²) in [5, 5.41) is 4.25. The number of Topliss-reactive ketones (excluding diaryl/α,β-unsaturated/α-hetero) is 1. The third-order valence-electron chi connectivity index (χ3n) is 3.66. The van der Waals surface area contributed by atoms with E-state index in [1.165, 1.54) is 0 Å². The minimum atomic E-state index is 0.268. The van der Waals surface area contributed by atoms with Crippen LogP contribution in [0.1, 0.15) is 45.5 Å². The van der Waals surface area contributed by atoms with Crippen molar-refractivity contribution in [1.82, 2.24) is 19.7 Å². The van der Waals surface area contributed by atoms with E-state index in [2.05, 4.69) is 28.8 Å². The van der Waals surface area contributed by atoms with Crippen LogP contribution in [0.15, 0.2) is 6.33 Å². The van der Waals surface area contributed by atoms with Crippen molar-refractivity contribution in [2.75, 3.05) is 13.1 Å². The van der Waals surface area contributed by atoms with Gasteiger partial charge in [-0.05, 0) is 46.7 Å². The minimum absolute atomic E-state index is 0.268. The van der Waals surface area contributed by atoms with Gasteiger partial charge in [0.05, 0.1) is 6.54 Å². The van der Waals surface area contributed by atoms with E-state index in [0.717, 1.165) is 38.3 Å². The van der Waals surface area contributed by atoms with E-state index >= 15 is 0 Å². The topological polar surface area (TPSA) is 51.0 Å². The monoisotopic (exact) mass is 250 g/mol. The molecule has 2 rings (SSSR count). The number of carbonyl (C=O) groups is 1. The van der Waals surface area contributed by atoms with Gasteiger partial charge in [-0.25, -0.2) is 9.67 Å². The number of hydrogen-bond donors (Lipinski definition) is 0. The highest BCUT2D eigenvalue weighted by Crippen LogP contribution is 2.19. The molecule has 18 heavy (non-hydrogen) atoms. The van der Waals surface area contributed by atoms with E-state index in [0.29, 0.717) is 11.8 Å². The first-order chi connectivity index (χ1) is 8.58. The predicted octanol–water partition coefficient (Wildman–Crippen LogP) is 1.66. The lowest BCUT2D eigenvalue weighted by Gasteiger charge is -2.30. The molecule has 0 spiro atoms. The molecule has 5 heteroatoms. The van der Waals surface area contributed by atoms with E-state index in [1.807, 2.05) is 4.68 Å². The van der Waals surface area contributed by atoms with Gasteiger partial charge in [-0.15, -0.1) is 0 Å². The summed E-state index contributed by atoms with van der Waals surface area (Å²) in [5.74, 6) is 1.62. The Bertz CT molecular complexity index is 405. The third kappa shape index (κ3) is 2.96. The quantitative estimate of drug-likeness (QED) is 0.815. The normalized spacial score (nSPS) is 18.4. The molecule has 1 fully saturated rings. The van der Waals surface area contributed by atoms with Crippen molar-refractivity contribution in [2.45, 2.75) is 46.2 Å². The Labute approximate surface area is 108 Å². The van der Waals surface area contributed by atoms with Crippen molar-refractivity contribution in [3.8, 4) is 0 Å². The zero-order chi connectivity index (χ0) is 13.1. The highest BCUT2D eigenvalue weighted by atomic mass is 16.1. The fraction of sp³-hybridized carbons (Fsp3) is 0.769. The average Bonchev–Trinajstić information content (AvgIpc) is 2.78. The highest BCUT2D eigenvalue weighted by Gasteiger charge is 2.23. The first kappa shape index (κ1) is 13.2. The molecule has 0 aliphatic carbocycles. The lowest BCUT2D eigenvalue weighted by molar-refractivity contribution is -0.122. The van der Waals surface area contributed by atoms with E-state index in [-0.39, 0.29) is 5.92 Å². The first-order valence-corrected chi connectivity index (χ1v) is 6.69. The van der Waals surface area contributed by atoms with Crippen LogP contribution in [0.5, 0.6) is 0 Å². The van der Waals surface area contributed by atoms with Gasteiger partial charge in [-0.3, -0.25) is 9.69 Å². The smallest absolute Gasteiger partial charge is 0.141 e. The Kier molecular flexibility index (Phi) is 4.11. The van der Waals surface area contributed by atoms with E-state index < -0.39 is 0 Å². The van der Waals surface area contributed by atoms with Crippen LogP contribution in [0.4, 0.5) is 0 Å². The fourth-order valence-electron chi connectivity index (χ4n) is 2.52. The van der Waals surface area contributed by atoms with Gasteiger partial charge >= 0.3 is 0 Å². The number of aromatic nitrogens is 3. The molecule has 0 saturated carbocycles. The van der Waals surface area contributed by atoms with Crippen molar-refractivity contribution < 1.29 is 4.79 Å². The van der Waals surface area contributed by atoms with Crippen LogP contribution < -0.4 is 0 Å². The molecular weight excluding hydrogens is 228 g/mol. The van der Waals surface area contributed by atoms with Gasteiger partial charge in [0.25, 0.3) is 0 Å². The van der Waals surface area contributed by atoms with Crippen LogP contribution in [0, 0.1) is 5.92 Å². The Morgan fingerprint density at radius 3 is 2.67 bits per heavy atom. The van der Waals surface area contributed by atoms with Crippen molar-refractivity contribution in [2.24, 2.45) is 5.92 Å². The molecule has 2 heterocycles. The zero-order valence-corrected chi connectivity index (χ0v) is 11.5. The number of likely N-dealkylation sites (tertiary alicyclic amines) is 1. The Balaban J connectivity index is 1.91. The first-order valence-electron chi connectivity index (χ1n) is 6.69. The van der Waals surface area contributed by atoms with Crippen LogP contribution in [-0.2, 0) is 11.3 Å². The molecule has 0 N–H and O–H groups in total. The van der Waals surface area contributed by atoms with Gasteiger partial charge in [0, 0.05) is 12.0 Å². The molecule has 1 saturated heterocycles. The van der Waals surface area contributed by atoms with Gasteiger partial charge < -0.3 is 0 Å². The average molecular weight is 250 g/mol. The largest absolute Gasteiger partial charge is 0.300 e. The Morgan fingerprint density at radius 1 is 1.44 bits per heavy atom. The van der Waals surface area contributed by atoms with Gasteiger partial charge in [0.1, 0.15) is 17.9 Å². The maximum atomic E-state index is 11.3. The summed E-state index contributed by atoms with van der Waals surface area (Å²) in [6.45, 7) is 8.73. The second-order valence-corrected chi connectivity index (χ2v) is 5.38. The molecule has 0 bridgehead atoms. The molecule has 1 aromatic rings. The SMILES string of the molecule is CC(=O)C1CCN(Cc2ncnn2C(C)C)CC1. The molecule has 100 valence electrons. The lowest BCUT2D eigenvalue weighted by Crippen LogP contribution is -2.36. The second kappa shape index (κ2) is 5.61. The fourth-order valence-corrected chi connectivity index (χ4v) is 2.52. The van der Waals surface area contributed by atoms with Crippen LogP contribution in [0.2, 0.25) is 0 Å². The van der Waals surface area contributed by atoms with E-state index in [9.17, 15) is 4.79 Å². The molecule has 0 amide bonds. The molecule has 1 aliphatic heterocycles. The lowest BCUT2D eigenvalue weighted by atomic mass is 9.93. The van der Waals surface area contributed by atoms with Gasteiger partial charge in [0.15, 0.2) is 0 Å². The van der Waals surface area contributed by atoms with Crippen molar-refractivity contribution >= 4 is 5.78 Å². The summed E-state index contributed by atoms with van der Waals surface area (Å²) in [5.41, 5.74) is 0. The summed E-state index contributed by atoms with van der Waals surface area (Å²) in [6.07, 6.45) is 3.58.